The lowest BCUT2D eigenvalue weighted by molar-refractivity contribution is -0.121. The van der Waals surface area contributed by atoms with E-state index in [1.54, 1.807) is 0 Å². The zero-order valence-corrected chi connectivity index (χ0v) is 14.3. The fourth-order valence-corrected chi connectivity index (χ4v) is 2.73. The first-order valence-corrected chi connectivity index (χ1v) is 8.35. The molecule has 0 saturated carbocycles. The number of fused-ring (bicyclic) bond motifs is 1. The summed E-state index contributed by atoms with van der Waals surface area (Å²) in [6.07, 6.45) is 2.68. The molecule has 0 aliphatic heterocycles. The van der Waals surface area contributed by atoms with Crippen LogP contribution in [0.5, 0.6) is 0 Å². The van der Waals surface area contributed by atoms with Gasteiger partial charge >= 0.3 is 0 Å². The van der Waals surface area contributed by atoms with Crippen LogP contribution in [0.4, 0.5) is 0 Å². The fraction of sp³-hybridized carbons (Fsp3) is 0.556. The Bertz CT molecular complexity index is 651. The molecule has 5 heteroatoms. The van der Waals surface area contributed by atoms with Crippen molar-refractivity contribution < 1.29 is 9.90 Å². The number of rotatable bonds is 8. The Morgan fingerprint density at radius 1 is 1.35 bits per heavy atom. The van der Waals surface area contributed by atoms with Crippen molar-refractivity contribution in [2.45, 2.75) is 46.5 Å². The van der Waals surface area contributed by atoms with E-state index in [9.17, 15) is 9.90 Å². The maximum absolute atomic E-state index is 12.1. The lowest BCUT2D eigenvalue weighted by Gasteiger charge is -2.29. The molecule has 5 nitrogen and oxygen atoms in total. The van der Waals surface area contributed by atoms with E-state index in [4.69, 9.17) is 0 Å². The molecule has 0 aliphatic carbocycles. The number of nitrogens with zero attached hydrogens (tertiary/aromatic N) is 1. The Kier molecular flexibility index (Phi) is 5.77. The number of aliphatic hydroxyl groups is 1. The number of benzene rings is 1. The van der Waals surface area contributed by atoms with E-state index in [0.717, 1.165) is 35.3 Å². The Balaban J connectivity index is 1.89. The second-order valence-corrected chi connectivity index (χ2v) is 6.30. The monoisotopic (exact) mass is 317 g/mol. The second-order valence-electron chi connectivity index (χ2n) is 6.30. The van der Waals surface area contributed by atoms with E-state index in [1.165, 1.54) is 0 Å². The molecule has 0 bridgehead atoms. The zero-order valence-electron chi connectivity index (χ0n) is 14.3. The number of aryl methyl sites for hydroxylation is 2. The third-order valence-electron chi connectivity index (χ3n) is 4.85. The summed E-state index contributed by atoms with van der Waals surface area (Å²) in [6, 6.07) is 6.02. The molecule has 2 aromatic rings. The van der Waals surface area contributed by atoms with Gasteiger partial charge in [0.2, 0.25) is 5.91 Å². The minimum atomic E-state index is -0.202. The highest BCUT2D eigenvalue weighted by Gasteiger charge is 2.25. The molecule has 0 radical (unpaired) electrons. The van der Waals surface area contributed by atoms with E-state index in [2.05, 4.69) is 15.3 Å². The van der Waals surface area contributed by atoms with Crippen molar-refractivity contribution in [3.05, 3.63) is 29.6 Å². The summed E-state index contributed by atoms with van der Waals surface area (Å²) in [5, 5.41) is 12.5. The molecular weight excluding hydrogens is 290 g/mol. The number of carbonyl (C=O) groups excluding carboxylic acids is 1. The third-order valence-corrected chi connectivity index (χ3v) is 4.85. The molecule has 1 heterocycles. The van der Waals surface area contributed by atoms with Crippen LogP contribution < -0.4 is 5.32 Å². The molecule has 0 spiro atoms. The number of para-hydroxylation sites is 1. The number of amides is 1. The van der Waals surface area contributed by atoms with Crippen LogP contribution in [0.15, 0.2) is 18.2 Å². The number of hydrogen-bond acceptors (Lipinski definition) is 3. The number of hydrogen-bond donors (Lipinski definition) is 3. The molecule has 0 saturated heterocycles. The number of aromatic amines is 1. The number of imidazole rings is 1. The molecule has 1 aromatic heterocycles. The van der Waals surface area contributed by atoms with Crippen molar-refractivity contribution >= 4 is 16.9 Å². The van der Waals surface area contributed by atoms with Gasteiger partial charge < -0.3 is 15.4 Å². The van der Waals surface area contributed by atoms with Crippen LogP contribution in [-0.2, 0) is 11.2 Å². The maximum Gasteiger partial charge on any atom is 0.220 e. The zero-order chi connectivity index (χ0) is 16.9. The third kappa shape index (κ3) is 4.10. The van der Waals surface area contributed by atoms with E-state index in [-0.39, 0.29) is 17.9 Å². The van der Waals surface area contributed by atoms with Gasteiger partial charge in [-0.25, -0.2) is 4.98 Å². The Labute approximate surface area is 137 Å². The molecule has 1 aromatic carbocycles. The summed E-state index contributed by atoms with van der Waals surface area (Å²) in [5.74, 6) is 0.839. The maximum atomic E-state index is 12.1. The molecule has 2 rings (SSSR count). The highest BCUT2D eigenvalue weighted by atomic mass is 16.3. The summed E-state index contributed by atoms with van der Waals surface area (Å²) in [4.78, 5) is 19.9. The van der Waals surface area contributed by atoms with Crippen LogP contribution in [0.3, 0.4) is 0 Å². The van der Waals surface area contributed by atoms with Crippen LogP contribution >= 0.6 is 0 Å². The first-order valence-electron chi connectivity index (χ1n) is 8.35. The fourth-order valence-electron chi connectivity index (χ4n) is 2.73. The van der Waals surface area contributed by atoms with Gasteiger partial charge in [-0.05, 0) is 31.4 Å². The largest absolute Gasteiger partial charge is 0.396 e. The Morgan fingerprint density at radius 2 is 2.09 bits per heavy atom. The second kappa shape index (κ2) is 7.59. The predicted molar refractivity (Wildman–Crippen MR) is 92.3 cm³/mol. The smallest absolute Gasteiger partial charge is 0.220 e. The number of H-pyrrole nitrogens is 1. The van der Waals surface area contributed by atoms with Gasteiger partial charge in [0.25, 0.3) is 0 Å². The van der Waals surface area contributed by atoms with E-state index < -0.39 is 0 Å². The number of carbonyl (C=O) groups is 1. The van der Waals surface area contributed by atoms with E-state index in [1.807, 2.05) is 39.0 Å². The van der Waals surface area contributed by atoms with Crippen LogP contribution in [-0.4, -0.2) is 34.1 Å². The van der Waals surface area contributed by atoms with Gasteiger partial charge in [-0.2, -0.15) is 0 Å². The average molecular weight is 317 g/mol. The Hall–Kier alpha value is -1.88. The highest BCUT2D eigenvalue weighted by Crippen LogP contribution is 2.24. The first kappa shape index (κ1) is 17.5. The minimum absolute atomic E-state index is 0.00176. The van der Waals surface area contributed by atoms with Gasteiger partial charge in [0.15, 0.2) is 0 Å². The summed E-state index contributed by atoms with van der Waals surface area (Å²) in [6.45, 7) is 6.74. The van der Waals surface area contributed by atoms with Gasteiger partial charge in [-0.3, -0.25) is 4.79 Å². The lowest BCUT2D eigenvalue weighted by Crippen LogP contribution is -2.39. The average Bonchev–Trinajstić information content (AvgIpc) is 2.99. The molecular formula is C18H27N3O2. The van der Waals surface area contributed by atoms with Gasteiger partial charge in [-0.1, -0.05) is 26.0 Å². The van der Waals surface area contributed by atoms with Gasteiger partial charge in [0.1, 0.15) is 5.82 Å². The van der Waals surface area contributed by atoms with E-state index in [0.29, 0.717) is 19.4 Å². The van der Waals surface area contributed by atoms with Crippen molar-refractivity contribution in [2.75, 3.05) is 13.2 Å². The Morgan fingerprint density at radius 3 is 2.70 bits per heavy atom. The SMILES string of the molecule is CCC(CC)(CO)CNC(=O)CCc1nc2c(C)cccc2[nH]1. The molecule has 0 aliphatic rings. The first-order chi connectivity index (χ1) is 11.0. The normalized spacial score (nSPS) is 11.8. The van der Waals surface area contributed by atoms with Crippen LogP contribution in [0.25, 0.3) is 11.0 Å². The summed E-state index contributed by atoms with van der Waals surface area (Å²) in [5.41, 5.74) is 2.91. The molecule has 23 heavy (non-hydrogen) atoms. The summed E-state index contributed by atoms with van der Waals surface area (Å²) < 4.78 is 0. The molecule has 3 N–H and O–H groups in total. The van der Waals surface area contributed by atoms with Crippen LogP contribution in [0.1, 0.15) is 44.5 Å². The molecule has 126 valence electrons. The highest BCUT2D eigenvalue weighted by molar-refractivity contribution is 5.79. The van der Waals surface area contributed by atoms with Gasteiger partial charge in [0, 0.05) is 24.8 Å². The minimum Gasteiger partial charge on any atom is -0.396 e. The van der Waals surface area contributed by atoms with Crippen molar-refractivity contribution in [1.29, 1.82) is 0 Å². The van der Waals surface area contributed by atoms with Crippen molar-refractivity contribution in [2.24, 2.45) is 5.41 Å². The molecule has 0 atom stereocenters. The predicted octanol–water partition coefficient (Wildman–Crippen LogP) is 2.72. The van der Waals surface area contributed by atoms with Crippen molar-refractivity contribution in [3.8, 4) is 0 Å². The van der Waals surface area contributed by atoms with Gasteiger partial charge in [-0.15, -0.1) is 0 Å². The lowest BCUT2D eigenvalue weighted by atomic mass is 9.83. The standard InChI is InChI=1S/C18H27N3O2/c1-4-18(5-2,12-22)11-19-16(23)10-9-15-20-14-8-6-7-13(3)17(14)21-15/h6-8,22H,4-5,9-12H2,1-3H3,(H,19,23)(H,20,21). The van der Waals surface area contributed by atoms with Gasteiger partial charge in [0.05, 0.1) is 17.6 Å². The number of nitrogens with one attached hydrogen (secondary N) is 2. The number of aliphatic hydroxyl groups excluding tert-OH is 1. The molecule has 0 unspecified atom stereocenters. The molecule has 0 fully saturated rings. The summed E-state index contributed by atoms with van der Waals surface area (Å²) in [7, 11) is 0. The quantitative estimate of drug-likeness (QED) is 0.700. The van der Waals surface area contributed by atoms with Crippen molar-refractivity contribution in [1.82, 2.24) is 15.3 Å². The number of aromatic nitrogens is 2. The van der Waals surface area contributed by atoms with Crippen molar-refractivity contribution in [3.63, 3.8) is 0 Å². The topological polar surface area (TPSA) is 78.0 Å². The van der Waals surface area contributed by atoms with Crippen LogP contribution in [0.2, 0.25) is 0 Å². The van der Waals surface area contributed by atoms with E-state index >= 15 is 0 Å². The molecule has 1 amide bonds. The van der Waals surface area contributed by atoms with Crippen LogP contribution in [0, 0.1) is 12.3 Å². The summed E-state index contributed by atoms with van der Waals surface area (Å²) >= 11 is 0.